The first-order chi connectivity index (χ1) is 8.56. The van der Waals surface area contributed by atoms with Crippen LogP contribution in [0.4, 0.5) is 4.39 Å². The molecular weight excluding hydrogens is 274 g/mol. The van der Waals surface area contributed by atoms with Gasteiger partial charge in [0.25, 0.3) is 0 Å². The molecule has 0 aliphatic rings. The summed E-state index contributed by atoms with van der Waals surface area (Å²) in [6, 6.07) is 9.58. The third kappa shape index (κ3) is 3.15. The maximum absolute atomic E-state index is 13.1. The second-order valence-electron chi connectivity index (χ2n) is 3.93. The molecule has 2 aromatic carbocycles. The Morgan fingerprint density at radius 2 is 1.89 bits per heavy atom. The maximum Gasteiger partial charge on any atom is 0.126 e. The van der Waals surface area contributed by atoms with E-state index in [1.807, 2.05) is 6.92 Å². The van der Waals surface area contributed by atoms with Crippen LogP contribution in [0.15, 0.2) is 36.4 Å². The van der Waals surface area contributed by atoms with Gasteiger partial charge in [-0.2, -0.15) is 0 Å². The van der Waals surface area contributed by atoms with E-state index in [0.717, 1.165) is 11.1 Å². The molecule has 4 heteroatoms. The molecule has 0 heterocycles. The monoisotopic (exact) mass is 284 g/mol. The highest BCUT2D eigenvalue weighted by Gasteiger charge is 2.05. The number of hydrogen-bond acceptors (Lipinski definition) is 1. The van der Waals surface area contributed by atoms with E-state index < -0.39 is 0 Å². The van der Waals surface area contributed by atoms with Crippen molar-refractivity contribution in [2.24, 2.45) is 0 Å². The highest BCUT2D eigenvalue weighted by Crippen LogP contribution is 2.24. The fraction of sp³-hybridized carbons (Fsp3) is 0.143. The highest BCUT2D eigenvalue weighted by atomic mass is 35.5. The molecule has 0 bridgehead atoms. The topological polar surface area (TPSA) is 9.23 Å². The third-order valence-electron chi connectivity index (χ3n) is 2.54. The standard InChI is InChI=1S/C14H11Cl2FO/c1-9-2-4-12(17)7-14(9)18-8-10-6-11(15)3-5-13(10)16/h2-7H,8H2,1H3. The van der Waals surface area contributed by atoms with E-state index in [1.54, 1.807) is 24.3 Å². The minimum atomic E-state index is -0.326. The first-order valence-corrected chi connectivity index (χ1v) is 6.15. The average Bonchev–Trinajstić information content (AvgIpc) is 2.34. The molecule has 2 aromatic rings. The van der Waals surface area contributed by atoms with Gasteiger partial charge in [-0.3, -0.25) is 0 Å². The first kappa shape index (κ1) is 13.2. The summed E-state index contributed by atoms with van der Waals surface area (Å²) in [7, 11) is 0. The summed E-state index contributed by atoms with van der Waals surface area (Å²) in [4.78, 5) is 0. The lowest BCUT2D eigenvalue weighted by Crippen LogP contribution is -1.98. The van der Waals surface area contributed by atoms with E-state index in [9.17, 15) is 4.39 Å². The van der Waals surface area contributed by atoms with Gasteiger partial charge in [-0.05, 0) is 36.8 Å². The molecule has 0 N–H and O–H groups in total. The fourth-order valence-corrected chi connectivity index (χ4v) is 1.91. The molecule has 94 valence electrons. The maximum atomic E-state index is 13.1. The fourth-order valence-electron chi connectivity index (χ4n) is 1.54. The largest absolute Gasteiger partial charge is 0.488 e. The molecule has 0 amide bonds. The Balaban J connectivity index is 2.16. The summed E-state index contributed by atoms with van der Waals surface area (Å²) in [5.74, 6) is 0.179. The predicted octanol–water partition coefficient (Wildman–Crippen LogP) is 5.02. The molecule has 0 fully saturated rings. The summed E-state index contributed by atoms with van der Waals surface area (Å²) in [5, 5.41) is 1.17. The molecule has 0 spiro atoms. The van der Waals surface area contributed by atoms with E-state index in [4.69, 9.17) is 27.9 Å². The van der Waals surface area contributed by atoms with Crippen LogP contribution < -0.4 is 4.74 Å². The van der Waals surface area contributed by atoms with Gasteiger partial charge in [-0.25, -0.2) is 4.39 Å². The number of ether oxygens (including phenoxy) is 1. The van der Waals surface area contributed by atoms with E-state index >= 15 is 0 Å². The zero-order valence-corrected chi connectivity index (χ0v) is 11.2. The zero-order valence-electron chi connectivity index (χ0n) is 9.71. The first-order valence-electron chi connectivity index (χ1n) is 5.39. The normalized spacial score (nSPS) is 10.4. The Morgan fingerprint density at radius 3 is 2.67 bits per heavy atom. The van der Waals surface area contributed by atoms with E-state index in [0.29, 0.717) is 15.8 Å². The smallest absolute Gasteiger partial charge is 0.126 e. The summed E-state index contributed by atoms with van der Waals surface area (Å²) in [6.07, 6.45) is 0. The molecule has 0 saturated heterocycles. The molecule has 0 aliphatic carbocycles. The van der Waals surface area contributed by atoms with Gasteiger partial charge >= 0.3 is 0 Å². The van der Waals surface area contributed by atoms with Gasteiger partial charge < -0.3 is 4.74 Å². The van der Waals surface area contributed by atoms with Gasteiger partial charge in [0, 0.05) is 21.7 Å². The minimum Gasteiger partial charge on any atom is -0.488 e. The molecule has 0 unspecified atom stereocenters. The van der Waals surface area contributed by atoms with Crippen molar-refractivity contribution in [3.05, 3.63) is 63.4 Å². The molecule has 0 aromatic heterocycles. The van der Waals surface area contributed by atoms with Crippen LogP contribution in [-0.4, -0.2) is 0 Å². The minimum absolute atomic E-state index is 0.254. The average molecular weight is 285 g/mol. The lowest BCUT2D eigenvalue weighted by molar-refractivity contribution is 0.302. The number of benzene rings is 2. The van der Waals surface area contributed by atoms with Gasteiger partial charge in [-0.1, -0.05) is 29.3 Å². The molecule has 0 aliphatic heterocycles. The molecule has 2 rings (SSSR count). The molecular formula is C14H11Cl2FO. The van der Waals surface area contributed by atoms with Crippen molar-refractivity contribution >= 4 is 23.2 Å². The van der Waals surface area contributed by atoms with Crippen LogP contribution in [-0.2, 0) is 6.61 Å². The molecule has 0 radical (unpaired) electrons. The van der Waals surface area contributed by atoms with Crippen LogP contribution in [0, 0.1) is 12.7 Å². The summed E-state index contributed by atoms with van der Waals surface area (Å²) < 4.78 is 18.6. The third-order valence-corrected chi connectivity index (χ3v) is 3.14. The number of halogens is 3. The van der Waals surface area contributed by atoms with Gasteiger partial charge in [0.15, 0.2) is 0 Å². The summed E-state index contributed by atoms with van der Waals surface area (Å²) in [6.45, 7) is 2.11. The van der Waals surface area contributed by atoms with Crippen LogP contribution in [0.2, 0.25) is 10.0 Å². The Bertz CT molecular complexity index is 518. The second kappa shape index (κ2) is 5.59. The van der Waals surface area contributed by atoms with E-state index in [2.05, 4.69) is 0 Å². The summed E-state index contributed by atoms with van der Waals surface area (Å²) >= 11 is 11.9. The van der Waals surface area contributed by atoms with Crippen LogP contribution in [0.3, 0.4) is 0 Å². The van der Waals surface area contributed by atoms with Crippen LogP contribution >= 0.6 is 23.2 Å². The van der Waals surface area contributed by atoms with Gasteiger partial charge in [0.1, 0.15) is 18.2 Å². The highest BCUT2D eigenvalue weighted by molar-refractivity contribution is 6.33. The summed E-state index contributed by atoms with van der Waals surface area (Å²) in [5.41, 5.74) is 1.64. The van der Waals surface area contributed by atoms with Gasteiger partial charge in [0.05, 0.1) is 0 Å². The van der Waals surface area contributed by atoms with Crippen molar-refractivity contribution in [2.45, 2.75) is 13.5 Å². The van der Waals surface area contributed by atoms with Crippen LogP contribution in [0.5, 0.6) is 5.75 Å². The van der Waals surface area contributed by atoms with Crippen molar-refractivity contribution in [3.63, 3.8) is 0 Å². The predicted molar refractivity (Wildman–Crippen MR) is 71.9 cm³/mol. The van der Waals surface area contributed by atoms with Crippen LogP contribution in [0.25, 0.3) is 0 Å². The zero-order chi connectivity index (χ0) is 13.1. The number of aryl methyl sites for hydroxylation is 1. The lowest BCUT2D eigenvalue weighted by atomic mass is 10.2. The quantitative estimate of drug-likeness (QED) is 0.769. The van der Waals surface area contributed by atoms with Crippen molar-refractivity contribution in [3.8, 4) is 5.75 Å². The van der Waals surface area contributed by atoms with Crippen LogP contribution in [0.1, 0.15) is 11.1 Å². The lowest BCUT2D eigenvalue weighted by Gasteiger charge is -2.10. The SMILES string of the molecule is Cc1ccc(F)cc1OCc1cc(Cl)ccc1Cl. The number of hydrogen-bond donors (Lipinski definition) is 0. The van der Waals surface area contributed by atoms with E-state index in [1.165, 1.54) is 12.1 Å². The van der Waals surface area contributed by atoms with Crippen molar-refractivity contribution < 1.29 is 9.13 Å². The second-order valence-corrected chi connectivity index (χ2v) is 4.78. The van der Waals surface area contributed by atoms with Gasteiger partial charge in [-0.15, -0.1) is 0 Å². The Labute approximate surface area is 115 Å². The Kier molecular flexibility index (Phi) is 4.10. The Morgan fingerprint density at radius 1 is 1.11 bits per heavy atom. The van der Waals surface area contributed by atoms with Crippen molar-refractivity contribution in [2.75, 3.05) is 0 Å². The number of rotatable bonds is 3. The molecule has 1 nitrogen and oxygen atoms in total. The molecule has 18 heavy (non-hydrogen) atoms. The molecule has 0 atom stereocenters. The van der Waals surface area contributed by atoms with E-state index in [-0.39, 0.29) is 12.4 Å². The van der Waals surface area contributed by atoms with Gasteiger partial charge in [0.2, 0.25) is 0 Å². The van der Waals surface area contributed by atoms with Crippen molar-refractivity contribution in [1.29, 1.82) is 0 Å². The molecule has 0 saturated carbocycles. The Hall–Kier alpha value is -1.25. The van der Waals surface area contributed by atoms with Crippen molar-refractivity contribution in [1.82, 2.24) is 0 Å².